The summed E-state index contributed by atoms with van der Waals surface area (Å²) in [6.45, 7) is 0.322. The first-order valence-corrected chi connectivity index (χ1v) is 7.81. The molecule has 0 aliphatic rings. The number of hydrogen-bond acceptors (Lipinski definition) is 4. The van der Waals surface area contributed by atoms with Crippen LogP contribution in [0.4, 0.5) is 5.69 Å². The van der Waals surface area contributed by atoms with Crippen molar-refractivity contribution < 1.29 is 19.1 Å². The molecule has 1 amide bonds. The molecule has 0 radical (unpaired) electrons. The molecule has 0 unspecified atom stereocenters. The number of nitrogens with one attached hydrogen (secondary N) is 1. The van der Waals surface area contributed by atoms with E-state index in [9.17, 15) is 9.59 Å². The fourth-order valence-corrected chi connectivity index (χ4v) is 2.11. The number of rotatable bonds is 8. The molecule has 0 bridgehead atoms. The van der Waals surface area contributed by atoms with Gasteiger partial charge in [0.1, 0.15) is 5.75 Å². The molecule has 0 fully saturated rings. The summed E-state index contributed by atoms with van der Waals surface area (Å²) in [4.78, 5) is 23.5. The summed E-state index contributed by atoms with van der Waals surface area (Å²) < 4.78 is 10.2. The summed E-state index contributed by atoms with van der Waals surface area (Å²) in [5.41, 5.74) is 1.78. The molecule has 1 N–H and O–H groups in total. The molecule has 2 aromatic carbocycles. The lowest BCUT2D eigenvalue weighted by Crippen LogP contribution is -2.15. The molecule has 0 atom stereocenters. The van der Waals surface area contributed by atoms with E-state index < -0.39 is 0 Å². The maximum Gasteiger partial charge on any atom is 0.306 e. The number of carbonyl (C=O) groups is 2. The molecular formula is C19H21NO4. The van der Waals surface area contributed by atoms with Crippen molar-refractivity contribution in [2.75, 3.05) is 19.0 Å². The van der Waals surface area contributed by atoms with E-state index in [2.05, 4.69) is 5.32 Å². The van der Waals surface area contributed by atoms with Crippen molar-refractivity contribution in [3.63, 3.8) is 0 Å². The summed E-state index contributed by atoms with van der Waals surface area (Å²) in [6, 6.07) is 16.8. The molecule has 0 saturated carbocycles. The van der Waals surface area contributed by atoms with E-state index in [1.807, 2.05) is 30.3 Å². The Morgan fingerprint density at radius 3 is 2.33 bits per heavy atom. The fourth-order valence-electron chi connectivity index (χ4n) is 2.11. The molecule has 2 aromatic rings. The Bertz CT molecular complexity index is 653. The highest BCUT2D eigenvalue weighted by Crippen LogP contribution is 2.15. The van der Waals surface area contributed by atoms with Crippen LogP contribution in [-0.4, -0.2) is 25.6 Å². The van der Waals surface area contributed by atoms with Gasteiger partial charge in [0.2, 0.25) is 5.91 Å². The van der Waals surface area contributed by atoms with Crippen LogP contribution in [0.1, 0.15) is 18.4 Å². The van der Waals surface area contributed by atoms with E-state index in [-0.39, 0.29) is 24.7 Å². The van der Waals surface area contributed by atoms with Gasteiger partial charge in [-0.2, -0.15) is 0 Å². The van der Waals surface area contributed by atoms with Gasteiger partial charge in [-0.25, -0.2) is 0 Å². The van der Waals surface area contributed by atoms with Crippen LogP contribution in [0.15, 0.2) is 54.6 Å². The molecule has 0 spiro atoms. The molecule has 0 aromatic heterocycles. The number of esters is 1. The Balaban J connectivity index is 1.64. The molecular weight excluding hydrogens is 306 g/mol. The maximum absolute atomic E-state index is 11.8. The summed E-state index contributed by atoms with van der Waals surface area (Å²) >= 11 is 0. The third kappa shape index (κ3) is 6.12. The van der Waals surface area contributed by atoms with Crippen molar-refractivity contribution in [2.45, 2.75) is 19.3 Å². The Morgan fingerprint density at radius 2 is 1.67 bits per heavy atom. The molecule has 5 heteroatoms. The van der Waals surface area contributed by atoms with Gasteiger partial charge in [0.25, 0.3) is 0 Å². The Kier molecular flexibility index (Phi) is 6.83. The highest BCUT2D eigenvalue weighted by molar-refractivity contribution is 5.92. The van der Waals surface area contributed by atoms with Gasteiger partial charge in [0.05, 0.1) is 20.1 Å². The minimum atomic E-state index is -0.365. The number of methoxy groups -OCH3 is 1. The zero-order valence-electron chi connectivity index (χ0n) is 13.7. The Hall–Kier alpha value is -2.82. The van der Waals surface area contributed by atoms with Crippen molar-refractivity contribution in [2.24, 2.45) is 0 Å². The lowest BCUT2D eigenvalue weighted by atomic mass is 10.2. The average Bonchev–Trinajstić information content (AvgIpc) is 2.61. The summed E-state index contributed by atoms with van der Waals surface area (Å²) in [5.74, 6) is 0.131. The van der Waals surface area contributed by atoms with Crippen LogP contribution in [0, 0.1) is 0 Å². The van der Waals surface area contributed by atoms with Gasteiger partial charge in [-0.1, -0.05) is 30.3 Å². The van der Waals surface area contributed by atoms with Crippen molar-refractivity contribution in [1.82, 2.24) is 0 Å². The third-order valence-corrected chi connectivity index (χ3v) is 3.43. The second-order valence-electron chi connectivity index (χ2n) is 5.23. The number of carbonyl (C=O) groups excluding carboxylic acids is 2. The minimum absolute atomic E-state index is 0.0662. The first kappa shape index (κ1) is 17.5. The smallest absolute Gasteiger partial charge is 0.306 e. The molecule has 0 aliphatic heterocycles. The SMILES string of the molecule is COc1ccc(NC(=O)CCC(=O)OCCc2ccccc2)cc1. The van der Waals surface area contributed by atoms with Crippen LogP contribution in [-0.2, 0) is 20.7 Å². The maximum atomic E-state index is 11.8. The highest BCUT2D eigenvalue weighted by Gasteiger charge is 2.08. The van der Waals surface area contributed by atoms with Gasteiger partial charge in [-0.3, -0.25) is 9.59 Å². The van der Waals surface area contributed by atoms with Crippen molar-refractivity contribution in [1.29, 1.82) is 0 Å². The third-order valence-electron chi connectivity index (χ3n) is 3.43. The lowest BCUT2D eigenvalue weighted by Gasteiger charge is -2.07. The zero-order chi connectivity index (χ0) is 17.2. The van der Waals surface area contributed by atoms with Crippen molar-refractivity contribution >= 4 is 17.6 Å². The zero-order valence-corrected chi connectivity index (χ0v) is 13.7. The number of benzene rings is 2. The molecule has 5 nitrogen and oxygen atoms in total. The highest BCUT2D eigenvalue weighted by atomic mass is 16.5. The van der Waals surface area contributed by atoms with E-state index in [4.69, 9.17) is 9.47 Å². The first-order chi connectivity index (χ1) is 11.7. The second-order valence-corrected chi connectivity index (χ2v) is 5.23. The Labute approximate surface area is 141 Å². The predicted octanol–water partition coefficient (Wildman–Crippen LogP) is 3.20. The molecule has 0 aliphatic carbocycles. The van der Waals surface area contributed by atoms with Crippen molar-refractivity contribution in [3.05, 3.63) is 60.2 Å². The summed E-state index contributed by atoms with van der Waals surface area (Å²) in [5, 5.41) is 2.73. The van der Waals surface area contributed by atoms with E-state index in [1.165, 1.54) is 0 Å². The van der Waals surface area contributed by atoms with Gasteiger partial charge in [-0.15, -0.1) is 0 Å². The predicted molar refractivity (Wildman–Crippen MR) is 92.0 cm³/mol. The van der Waals surface area contributed by atoms with Crippen LogP contribution >= 0.6 is 0 Å². The number of hydrogen-bond donors (Lipinski definition) is 1. The van der Waals surface area contributed by atoms with Gasteiger partial charge >= 0.3 is 5.97 Å². The lowest BCUT2D eigenvalue weighted by molar-refractivity contribution is -0.144. The van der Waals surface area contributed by atoms with Gasteiger partial charge in [0, 0.05) is 18.5 Å². The number of amides is 1. The van der Waals surface area contributed by atoms with E-state index in [0.717, 1.165) is 11.3 Å². The fraction of sp³-hybridized carbons (Fsp3) is 0.263. The normalized spacial score (nSPS) is 10.0. The quantitative estimate of drug-likeness (QED) is 0.756. The topological polar surface area (TPSA) is 64.6 Å². The number of ether oxygens (including phenoxy) is 2. The molecule has 126 valence electrons. The summed E-state index contributed by atoms with van der Waals surface area (Å²) in [7, 11) is 1.58. The van der Waals surface area contributed by atoms with Crippen LogP contribution < -0.4 is 10.1 Å². The average molecular weight is 327 g/mol. The number of anilines is 1. The van der Waals surface area contributed by atoms with Crippen LogP contribution in [0.5, 0.6) is 5.75 Å². The monoisotopic (exact) mass is 327 g/mol. The molecule has 0 saturated heterocycles. The Morgan fingerprint density at radius 1 is 0.958 bits per heavy atom. The molecule has 2 rings (SSSR count). The minimum Gasteiger partial charge on any atom is -0.497 e. The first-order valence-electron chi connectivity index (χ1n) is 7.81. The van der Waals surface area contributed by atoms with Gasteiger partial charge in [0.15, 0.2) is 0 Å². The van der Waals surface area contributed by atoms with Crippen LogP contribution in [0.2, 0.25) is 0 Å². The van der Waals surface area contributed by atoms with Gasteiger partial charge < -0.3 is 14.8 Å². The molecule has 0 heterocycles. The van der Waals surface area contributed by atoms with Gasteiger partial charge in [-0.05, 0) is 29.8 Å². The second kappa shape index (κ2) is 9.35. The summed E-state index contributed by atoms with van der Waals surface area (Å²) in [6.07, 6.45) is 0.831. The largest absolute Gasteiger partial charge is 0.497 e. The van der Waals surface area contributed by atoms with E-state index >= 15 is 0 Å². The van der Waals surface area contributed by atoms with Crippen molar-refractivity contribution in [3.8, 4) is 5.75 Å². The van der Waals surface area contributed by atoms with E-state index in [1.54, 1.807) is 31.4 Å². The molecule has 24 heavy (non-hydrogen) atoms. The van der Waals surface area contributed by atoms with Crippen LogP contribution in [0.25, 0.3) is 0 Å². The standard InChI is InChI=1S/C19H21NO4/c1-23-17-9-7-16(8-10-17)20-18(21)11-12-19(22)24-14-13-15-5-3-2-4-6-15/h2-10H,11-14H2,1H3,(H,20,21). The van der Waals surface area contributed by atoms with Crippen LogP contribution in [0.3, 0.4) is 0 Å². The van der Waals surface area contributed by atoms with E-state index in [0.29, 0.717) is 18.7 Å².